The minimum absolute atomic E-state index is 0. The molecule has 3 aromatic carbocycles. The van der Waals surface area contributed by atoms with Crippen LogP contribution < -0.4 is 0 Å². The van der Waals surface area contributed by atoms with Crippen LogP contribution in [0.3, 0.4) is 0 Å². The predicted molar refractivity (Wildman–Crippen MR) is 135 cm³/mol. The van der Waals surface area contributed by atoms with E-state index in [1.165, 1.54) is 0 Å². The Morgan fingerprint density at radius 3 is 1.30 bits per heavy atom. The summed E-state index contributed by atoms with van der Waals surface area (Å²) in [6, 6.07) is 18.7. The van der Waals surface area contributed by atoms with E-state index in [-0.39, 0.29) is 43.4 Å². The van der Waals surface area contributed by atoms with Crippen LogP contribution in [-0.4, -0.2) is 22.6 Å². The number of aromatic hydroxyl groups is 2. The molecule has 0 radical (unpaired) electrons. The summed E-state index contributed by atoms with van der Waals surface area (Å²) in [5, 5.41) is 20.5. The van der Waals surface area contributed by atoms with Crippen molar-refractivity contribution < 1.29 is 31.3 Å². The molecule has 0 aliphatic carbocycles. The van der Waals surface area contributed by atoms with Crippen LogP contribution in [0.25, 0.3) is 0 Å². The predicted octanol–water partition coefficient (Wildman–Crippen LogP) is 7.19. The molecule has 176 valence electrons. The Labute approximate surface area is 211 Å². The summed E-state index contributed by atoms with van der Waals surface area (Å²) in [6.45, 7) is 12.8. The van der Waals surface area contributed by atoms with Gasteiger partial charge in [0, 0.05) is 44.6 Å². The monoisotopic (exact) mass is 623 g/mol. The van der Waals surface area contributed by atoms with Crippen LogP contribution in [0.15, 0.2) is 70.6 Å². The molecule has 0 spiro atoms. The molecule has 0 aromatic heterocycles. The van der Waals surface area contributed by atoms with Gasteiger partial charge in [0.1, 0.15) is 11.5 Å². The van der Waals surface area contributed by atoms with Crippen molar-refractivity contribution in [2.45, 2.75) is 52.4 Å². The average Bonchev–Trinajstić information content (AvgIpc) is 2.71. The summed E-state index contributed by atoms with van der Waals surface area (Å²) in [4.78, 5) is 9.18. The first-order valence-corrected chi connectivity index (χ1v) is 10.8. The Balaban J connectivity index is 0.00000385. The number of benzene rings is 3. The van der Waals surface area contributed by atoms with Gasteiger partial charge >= 0.3 is 0 Å². The fraction of sp³-hybridized carbons (Fsp3) is 0.286. The first-order valence-electron chi connectivity index (χ1n) is 10.8. The third-order valence-electron chi connectivity index (χ3n) is 5.35. The summed E-state index contributed by atoms with van der Waals surface area (Å²) < 4.78 is 0. The van der Waals surface area contributed by atoms with E-state index in [1.807, 2.05) is 48.5 Å². The second kappa shape index (κ2) is 10.5. The summed E-state index contributed by atoms with van der Waals surface area (Å²) >= 11 is 0. The van der Waals surface area contributed by atoms with E-state index in [4.69, 9.17) is 0 Å². The van der Waals surface area contributed by atoms with Gasteiger partial charge in [-0.2, -0.15) is 0 Å². The first-order chi connectivity index (χ1) is 14.9. The van der Waals surface area contributed by atoms with E-state index in [1.54, 1.807) is 24.6 Å². The molecule has 0 aliphatic heterocycles. The molecule has 0 heterocycles. The van der Waals surface area contributed by atoms with Crippen molar-refractivity contribution in [3.63, 3.8) is 0 Å². The Bertz CT molecular complexity index is 1080. The molecular weight excluding hydrogens is 591 g/mol. The SMILES string of the molecule is CC(C)(C)c1ccc(O)c(C=Nc2ccccc2N=Cc2cc(C(C)(C)C)ccc2O)c1.[Pt]. The Kier molecular flexibility index (Phi) is 8.43. The molecule has 5 heteroatoms. The average molecular weight is 624 g/mol. The maximum atomic E-state index is 10.3. The number of hydrogen-bond acceptors (Lipinski definition) is 4. The zero-order valence-electron chi connectivity index (χ0n) is 20.0. The summed E-state index contributed by atoms with van der Waals surface area (Å²) in [5.74, 6) is 0.373. The molecular formula is C28H32N2O2Pt. The molecule has 0 aliphatic rings. The normalized spacial score (nSPS) is 12.3. The number of rotatable bonds is 4. The van der Waals surface area contributed by atoms with Gasteiger partial charge in [0.2, 0.25) is 0 Å². The fourth-order valence-electron chi connectivity index (χ4n) is 3.21. The van der Waals surface area contributed by atoms with Gasteiger partial charge in [0.25, 0.3) is 0 Å². The second-order valence-corrected chi connectivity index (χ2v) is 10.1. The molecule has 0 saturated carbocycles. The van der Waals surface area contributed by atoms with Gasteiger partial charge in [-0.25, -0.2) is 0 Å². The van der Waals surface area contributed by atoms with Crippen LogP contribution in [0.5, 0.6) is 11.5 Å². The van der Waals surface area contributed by atoms with Crippen molar-refractivity contribution >= 4 is 23.8 Å². The molecule has 4 nitrogen and oxygen atoms in total. The van der Waals surface area contributed by atoms with Gasteiger partial charge in [-0.05, 0) is 58.4 Å². The molecule has 0 bridgehead atoms. The quantitative estimate of drug-likeness (QED) is 0.302. The van der Waals surface area contributed by atoms with Crippen LogP contribution in [0, 0.1) is 0 Å². The van der Waals surface area contributed by atoms with Crippen molar-refractivity contribution in [2.75, 3.05) is 0 Å². The largest absolute Gasteiger partial charge is 0.507 e. The molecule has 33 heavy (non-hydrogen) atoms. The number of para-hydroxylation sites is 2. The zero-order chi connectivity index (χ0) is 23.5. The van der Waals surface area contributed by atoms with E-state index < -0.39 is 0 Å². The molecule has 0 amide bonds. The van der Waals surface area contributed by atoms with E-state index in [0.29, 0.717) is 22.5 Å². The molecule has 0 saturated heterocycles. The smallest absolute Gasteiger partial charge is 0.124 e. The zero-order valence-corrected chi connectivity index (χ0v) is 22.3. The van der Waals surface area contributed by atoms with Gasteiger partial charge in [-0.3, -0.25) is 9.98 Å². The number of nitrogens with zero attached hydrogens (tertiary/aromatic N) is 2. The maximum Gasteiger partial charge on any atom is 0.124 e. The number of phenolic OH excluding ortho intramolecular Hbond substituents is 2. The van der Waals surface area contributed by atoms with Crippen molar-refractivity contribution in [2.24, 2.45) is 9.98 Å². The molecule has 2 N–H and O–H groups in total. The van der Waals surface area contributed by atoms with Gasteiger partial charge < -0.3 is 10.2 Å². The van der Waals surface area contributed by atoms with E-state index in [0.717, 1.165) is 11.1 Å². The Hall–Kier alpha value is -2.71. The maximum absolute atomic E-state index is 10.3. The van der Waals surface area contributed by atoms with Gasteiger partial charge in [-0.1, -0.05) is 65.8 Å². The van der Waals surface area contributed by atoms with Crippen LogP contribution in [-0.2, 0) is 31.9 Å². The standard InChI is InChI=1S/C28H32N2O2.Pt/c1-27(2,3)21-11-13-25(31)19(15-21)17-29-23-9-7-8-10-24(23)30-18-20-16-22(28(4,5)6)12-14-26(20)32;/h7-18,31-32H,1-6H3;. The van der Waals surface area contributed by atoms with Crippen molar-refractivity contribution in [1.82, 2.24) is 0 Å². The number of phenols is 2. The fourth-order valence-corrected chi connectivity index (χ4v) is 3.21. The Morgan fingerprint density at radius 1 is 0.606 bits per heavy atom. The van der Waals surface area contributed by atoms with Crippen molar-refractivity contribution in [1.29, 1.82) is 0 Å². The van der Waals surface area contributed by atoms with Crippen LogP contribution >= 0.6 is 0 Å². The third kappa shape index (κ3) is 6.88. The minimum atomic E-state index is -0.0257. The summed E-state index contributed by atoms with van der Waals surface area (Å²) in [5.41, 5.74) is 4.86. The molecule has 0 atom stereocenters. The minimum Gasteiger partial charge on any atom is -0.507 e. The molecule has 3 rings (SSSR count). The molecule has 0 fully saturated rings. The van der Waals surface area contributed by atoms with Crippen LogP contribution in [0.1, 0.15) is 63.8 Å². The van der Waals surface area contributed by atoms with E-state index in [2.05, 4.69) is 51.5 Å². The van der Waals surface area contributed by atoms with Crippen LogP contribution in [0.2, 0.25) is 0 Å². The van der Waals surface area contributed by atoms with Crippen LogP contribution in [0.4, 0.5) is 11.4 Å². The number of hydrogen-bond donors (Lipinski definition) is 2. The second-order valence-electron chi connectivity index (χ2n) is 10.1. The topological polar surface area (TPSA) is 65.2 Å². The molecule has 0 unspecified atom stereocenters. The number of aliphatic imine (C=N–C) groups is 2. The van der Waals surface area contributed by atoms with Crippen molar-refractivity contribution in [3.05, 3.63) is 82.9 Å². The first kappa shape index (κ1) is 26.5. The van der Waals surface area contributed by atoms with Gasteiger partial charge in [0.15, 0.2) is 0 Å². The summed E-state index contributed by atoms with van der Waals surface area (Å²) in [6.07, 6.45) is 3.33. The van der Waals surface area contributed by atoms with E-state index >= 15 is 0 Å². The Morgan fingerprint density at radius 2 is 0.970 bits per heavy atom. The van der Waals surface area contributed by atoms with Crippen molar-refractivity contribution in [3.8, 4) is 11.5 Å². The summed E-state index contributed by atoms with van der Waals surface area (Å²) in [7, 11) is 0. The van der Waals surface area contributed by atoms with Gasteiger partial charge in [-0.15, -0.1) is 0 Å². The third-order valence-corrected chi connectivity index (χ3v) is 5.35. The van der Waals surface area contributed by atoms with E-state index in [9.17, 15) is 10.2 Å². The molecule has 3 aromatic rings. The van der Waals surface area contributed by atoms with Gasteiger partial charge in [0.05, 0.1) is 11.4 Å².